The second-order valence-electron chi connectivity index (χ2n) is 2.46. The van der Waals surface area contributed by atoms with E-state index in [4.69, 9.17) is 4.42 Å². The van der Waals surface area contributed by atoms with Crippen molar-refractivity contribution in [3.63, 3.8) is 0 Å². The van der Waals surface area contributed by atoms with Crippen LogP contribution in [0.4, 0.5) is 0 Å². The van der Waals surface area contributed by atoms with Crippen LogP contribution in [0.2, 0.25) is 0 Å². The lowest BCUT2D eigenvalue weighted by Gasteiger charge is -1.94. The van der Waals surface area contributed by atoms with Crippen LogP contribution in [0.5, 0.6) is 0 Å². The average molecular weight is 171 g/mol. The molecule has 1 aromatic heterocycles. The standard InChI is InChI=1S/C8H13NOS/c11-7-3-1-2-4-8-9-5-6-10-8/h5-6,11H,1-4,7H2. The van der Waals surface area contributed by atoms with E-state index in [9.17, 15) is 0 Å². The minimum atomic E-state index is 0.851. The van der Waals surface area contributed by atoms with E-state index in [0.29, 0.717) is 0 Å². The van der Waals surface area contributed by atoms with Gasteiger partial charge < -0.3 is 4.42 Å². The molecule has 0 aromatic carbocycles. The highest BCUT2D eigenvalue weighted by atomic mass is 32.1. The number of hydrogen-bond acceptors (Lipinski definition) is 3. The van der Waals surface area contributed by atoms with Crippen molar-refractivity contribution in [2.45, 2.75) is 25.7 Å². The van der Waals surface area contributed by atoms with E-state index in [1.807, 2.05) is 0 Å². The summed E-state index contributed by atoms with van der Waals surface area (Å²) < 4.78 is 5.08. The first-order valence-electron chi connectivity index (χ1n) is 3.92. The maximum Gasteiger partial charge on any atom is 0.193 e. The monoisotopic (exact) mass is 171 g/mol. The number of rotatable bonds is 5. The van der Waals surface area contributed by atoms with E-state index in [-0.39, 0.29) is 0 Å². The first-order chi connectivity index (χ1) is 5.43. The fraction of sp³-hybridized carbons (Fsp3) is 0.625. The third-order valence-electron chi connectivity index (χ3n) is 1.53. The summed E-state index contributed by atoms with van der Waals surface area (Å²) in [5, 5.41) is 0. The first-order valence-corrected chi connectivity index (χ1v) is 4.56. The number of hydrogen-bond donors (Lipinski definition) is 1. The molecule has 1 heterocycles. The fourth-order valence-corrected chi connectivity index (χ4v) is 1.16. The van der Waals surface area contributed by atoms with Crippen molar-refractivity contribution in [3.8, 4) is 0 Å². The molecule has 0 spiro atoms. The zero-order valence-electron chi connectivity index (χ0n) is 6.49. The SMILES string of the molecule is SCCCCCc1ncco1. The molecule has 0 unspecified atom stereocenters. The predicted molar refractivity (Wildman–Crippen MR) is 47.9 cm³/mol. The Bertz CT molecular complexity index is 174. The summed E-state index contributed by atoms with van der Waals surface area (Å²) in [5.74, 6) is 1.83. The van der Waals surface area contributed by atoms with Crippen LogP contribution in [0.3, 0.4) is 0 Å². The summed E-state index contributed by atoms with van der Waals surface area (Å²) in [5.41, 5.74) is 0. The van der Waals surface area contributed by atoms with Crippen molar-refractivity contribution in [1.82, 2.24) is 4.98 Å². The quantitative estimate of drug-likeness (QED) is 0.543. The summed E-state index contributed by atoms with van der Waals surface area (Å²) in [7, 11) is 0. The average Bonchev–Trinajstić information content (AvgIpc) is 2.50. The number of thiol groups is 1. The molecule has 1 aromatic rings. The Kier molecular flexibility index (Phi) is 4.12. The smallest absolute Gasteiger partial charge is 0.193 e. The Balaban J connectivity index is 2.04. The van der Waals surface area contributed by atoms with E-state index in [0.717, 1.165) is 24.5 Å². The summed E-state index contributed by atoms with van der Waals surface area (Å²) in [6.45, 7) is 0. The molecule has 0 radical (unpaired) electrons. The Morgan fingerprint density at radius 2 is 2.27 bits per heavy atom. The number of unbranched alkanes of at least 4 members (excludes halogenated alkanes) is 2. The number of aromatic nitrogens is 1. The van der Waals surface area contributed by atoms with Crippen molar-refractivity contribution in [1.29, 1.82) is 0 Å². The van der Waals surface area contributed by atoms with E-state index in [1.54, 1.807) is 12.5 Å². The van der Waals surface area contributed by atoms with Gasteiger partial charge in [0.25, 0.3) is 0 Å². The molecule has 0 fully saturated rings. The van der Waals surface area contributed by atoms with Gasteiger partial charge >= 0.3 is 0 Å². The molecule has 0 saturated carbocycles. The number of oxazole rings is 1. The maximum atomic E-state index is 5.08. The topological polar surface area (TPSA) is 26.0 Å². The molecule has 62 valence electrons. The summed E-state index contributed by atoms with van der Waals surface area (Å²) in [4.78, 5) is 4.03. The van der Waals surface area contributed by atoms with Crippen LogP contribution in [0.1, 0.15) is 25.2 Å². The number of aryl methyl sites for hydroxylation is 1. The molecule has 0 aliphatic rings. The van der Waals surface area contributed by atoms with E-state index < -0.39 is 0 Å². The van der Waals surface area contributed by atoms with Gasteiger partial charge in [-0.3, -0.25) is 0 Å². The summed E-state index contributed by atoms with van der Waals surface area (Å²) in [6, 6.07) is 0. The van der Waals surface area contributed by atoms with Crippen molar-refractivity contribution in [3.05, 3.63) is 18.4 Å². The Morgan fingerprint density at radius 1 is 1.36 bits per heavy atom. The molecule has 3 heteroatoms. The van der Waals surface area contributed by atoms with Crippen LogP contribution in [-0.4, -0.2) is 10.7 Å². The normalized spacial score (nSPS) is 10.3. The van der Waals surface area contributed by atoms with Gasteiger partial charge in [0.05, 0.1) is 6.20 Å². The van der Waals surface area contributed by atoms with Crippen LogP contribution in [0.15, 0.2) is 16.9 Å². The van der Waals surface area contributed by atoms with Gasteiger partial charge in [0.15, 0.2) is 5.89 Å². The van der Waals surface area contributed by atoms with E-state index in [2.05, 4.69) is 17.6 Å². The van der Waals surface area contributed by atoms with Gasteiger partial charge in [-0.05, 0) is 18.6 Å². The molecule has 0 saturated heterocycles. The van der Waals surface area contributed by atoms with Crippen molar-refractivity contribution in [2.75, 3.05) is 5.75 Å². The molecule has 0 atom stereocenters. The van der Waals surface area contributed by atoms with Gasteiger partial charge in [0, 0.05) is 6.42 Å². The van der Waals surface area contributed by atoms with Gasteiger partial charge in [-0.2, -0.15) is 12.6 Å². The zero-order chi connectivity index (χ0) is 7.94. The molecule has 2 nitrogen and oxygen atoms in total. The highest BCUT2D eigenvalue weighted by molar-refractivity contribution is 7.80. The lowest BCUT2D eigenvalue weighted by molar-refractivity contribution is 0.482. The molecule has 11 heavy (non-hydrogen) atoms. The summed E-state index contributed by atoms with van der Waals surface area (Å²) in [6.07, 6.45) is 7.82. The molecule has 0 bridgehead atoms. The van der Waals surface area contributed by atoms with Crippen molar-refractivity contribution in [2.24, 2.45) is 0 Å². The molecular formula is C8H13NOS. The minimum Gasteiger partial charge on any atom is -0.449 e. The Labute approximate surface area is 72.4 Å². The number of nitrogens with zero attached hydrogens (tertiary/aromatic N) is 1. The highest BCUT2D eigenvalue weighted by Crippen LogP contribution is 2.04. The van der Waals surface area contributed by atoms with Crippen LogP contribution < -0.4 is 0 Å². The van der Waals surface area contributed by atoms with E-state index >= 15 is 0 Å². The van der Waals surface area contributed by atoms with Gasteiger partial charge in [0.2, 0.25) is 0 Å². The van der Waals surface area contributed by atoms with Crippen LogP contribution in [0, 0.1) is 0 Å². The second kappa shape index (κ2) is 5.24. The van der Waals surface area contributed by atoms with Gasteiger partial charge in [-0.15, -0.1) is 0 Å². The third-order valence-corrected chi connectivity index (χ3v) is 1.85. The molecule has 0 amide bonds. The van der Waals surface area contributed by atoms with E-state index in [1.165, 1.54) is 12.8 Å². The van der Waals surface area contributed by atoms with Crippen LogP contribution >= 0.6 is 12.6 Å². The molecule has 0 aliphatic carbocycles. The molecular weight excluding hydrogens is 158 g/mol. The lowest BCUT2D eigenvalue weighted by atomic mass is 10.2. The van der Waals surface area contributed by atoms with Crippen molar-refractivity contribution >= 4 is 12.6 Å². The zero-order valence-corrected chi connectivity index (χ0v) is 7.39. The minimum absolute atomic E-state index is 0.851. The highest BCUT2D eigenvalue weighted by Gasteiger charge is 1.95. The van der Waals surface area contributed by atoms with Gasteiger partial charge in [-0.25, -0.2) is 4.98 Å². The van der Waals surface area contributed by atoms with Crippen molar-refractivity contribution < 1.29 is 4.42 Å². The summed E-state index contributed by atoms with van der Waals surface area (Å²) >= 11 is 4.13. The Hall–Kier alpha value is -0.440. The Morgan fingerprint density at radius 3 is 2.91 bits per heavy atom. The molecule has 1 rings (SSSR count). The first kappa shape index (κ1) is 8.65. The lowest BCUT2D eigenvalue weighted by Crippen LogP contribution is -1.85. The third kappa shape index (κ3) is 3.46. The maximum absolute atomic E-state index is 5.08. The largest absolute Gasteiger partial charge is 0.449 e. The fourth-order valence-electron chi connectivity index (χ4n) is 0.941. The van der Waals surface area contributed by atoms with Crippen LogP contribution in [-0.2, 0) is 6.42 Å². The van der Waals surface area contributed by atoms with Gasteiger partial charge in [0.1, 0.15) is 6.26 Å². The second-order valence-corrected chi connectivity index (χ2v) is 2.91. The molecule has 0 aliphatic heterocycles. The predicted octanol–water partition coefficient (Wildman–Crippen LogP) is 2.32. The van der Waals surface area contributed by atoms with Crippen LogP contribution in [0.25, 0.3) is 0 Å². The van der Waals surface area contributed by atoms with Gasteiger partial charge in [-0.1, -0.05) is 6.42 Å². The molecule has 0 N–H and O–H groups in total.